The fraction of sp³-hybridized carbons (Fsp3) is 0.529. The molecule has 1 aromatic carbocycles. The fourth-order valence-electron chi connectivity index (χ4n) is 2.68. The second kappa shape index (κ2) is 7.94. The first kappa shape index (κ1) is 17.2. The fourth-order valence-corrected chi connectivity index (χ4v) is 2.68. The van der Waals surface area contributed by atoms with Gasteiger partial charge in [0.05, 0.1) is 6.42 Å². The van der Waals surface area contributed by atoms with Gasteiger partial charge in [-0.3, -0.25) is 4.79 Å². The minimum Gasteiger partial charge on any atom is -0.342 e. The van der Waals surface area contributed by atoms with Crippen molar-refractivity contribution in [2.45, 2.75) is 45.2 Å². The summed E-state index contributed by atoms with van der Waals surface area (Å²) in [7, 11) is 0. The molecule has 0 aliphatic carbocycles. The van der Waals surface area contributed by atoms with Crippen LogP contribution >= 0.6 is 0 Å². The highest BCUT2D eigenvalue weighted by Gasteiger charge is 2.24. The van der Waals surface area contributed by atoms with Gasteiger partial charge in [-0.2, -0.15) is 0 Å². The molecule has 1 aliphatic heterocycles. The Labute approximate surface area is 136 Å². The van der Waals surface area contributed by atoms with Gasteiger partial charge in [0.15, 0.2) is 0 Å². The molecule has 6 heteroatoms. The molecule has 3 amide bonds. The summed E-state index contributed by atoms with van der Waals surface area (Å²) in [6, 6.07) is 6.35. The van der Waals surface area contributed by atoms with Gasteiger partial charge in [0.25, 0.3) is 0 Å². The molecule has 23 heavy (non-hydrogen) atoms. The Kier molecular flexibility index (Phi) is 5.96. The minimum absolute atomic E-state index is 0.0693. The lowest BCUT2D eigenvalue weighted by atomic mass is 10.0. The number of nitrogens with one attached hydrogen (secondary N) is 2. The summed E-state index contributed by atoms with van der Waals surface area (Å²) in [5.41, 5.74) is 0.425. The van der Waals surface area contributed by atoms with Crippen molar-refractivity contribution in [1.29, 1.82) is 0 Å². The highest BCUT2D eigenvalue weighted by molar-refractivity contribution is 5.79. The molecule has 1 aliphatic rings. The third-order valence-electron chi connectivity index (χ3n) is 3.90. The van der Waals surface area contributed by atoms with Crippen molar-refractivity contribution < 1.29 is 14.0 Å². The van der Waals surface area contributed by atoms with Crippen LogP contribution in [-0.2, 0) is 11.2 Å². The Morgan fingerprint density at radius 2 is 1.91 bits per heavy atom. The minimum atomic E-state index is -0.345. The van der Waals surface area contributed by atoms with Crippen LogP contribution in [0.2, 0.25) is 0 Å². The molecule has 1 heterocycles. The van der Waals surface area contributed by atoms with Crippen LogP contribution in [-0.4, -0.2) is 42.0 Å². The van der Waals surface area contributed by atoms with E-state index in [1.54, 1.807) is 23.1 Å². The summed E-state index contributed by atoms with van der Waals surface area (Å²) in [4.78, 5) is 25.7. The molecule has 0 unspecified atom stereocenters. The van der Waals surface area contributed by atoms with Crippen molar-refractivity contribution in [3.05, 3.63) is 35.6 Å². The van der Waals surface area contributed by atoms with Gasteiger partial charge in [-0.1, -0.05) is 18.2 Å². The van der Waals surface area contributed by atoms with Crippen LogP contribution in [0.15, 0.2) is 24.3 Å². The molecule has 0 radical (unpaired) electrons. The average Bonchev–Trinajstić information content (AvgIpc) is 2.49. The number of halogens is 1. The first-order valence-electron chi connectivity index (χ1n) is 8.04. The number of carbonyl (C=O) groups excluding carboxylic acids is 2. The van der Waals surface area contributed by atoms with E-state index in [2.05, 4.69) is 10.6 Å². The van der Waals surface area contributed by atoms with Gasteiger partial charge in [-0.15, -0.1) is 0 Å². The van der Waals surface area contributed by atoms with Crippen LogP contribution in [0.3, 0.4) is 0 Å². The number of urea groups is 1. The van der Waals surface area contributed by atoms with E-state index in [4.69, 9.17) is 0 Å². The predicted molar refractivity (Wildman–Crippen MR) is 86.5 cm³/mol. The monoisotopic (exact) mass is 321 g/mol. The number of amides is 3. The zero-order chi connectivity index (χ0) is 16.8. The predicted octanol–water partition coefficient (Wildman–Crippen LogP) is 2.07. The van der Waals surface area contributed by atoms with Gasteiger partial charge in [-0.25, -0.2) is 9.18 Å². The van der Waals surface area contributed by atoms with E-state index in [0.717, 1.165) is 0 Å². The number of hydrogen-bond acceptors (Lipinski definition) is 2. The number of hydrogen-bond donors (Lipinski definition) is 2. The Morgan fingerprint density at radius 3 is 2.52 bits per heavy atom. The molecule has 2 N–H and O–H groups in total. The van der Waals surface area contributed by atoms with Crippen LogP contribution in [0, 0.1) is 5.82 Å². The summed E-state index contributed by atoms with van der Waals surface area (Å²) in [6.45, 7) is 4.98. The number of piperidine rings is 1. The first-order valence-corrected chi connectivity index (χ1v) is 8.04. The molecule has 1 saturated heterocycles. The van der Waals surface area contributed by atoms with Crippen molar-refractivity contribution >= 4 is 11.9 Å². The van der Waals surface area contributed by atoms with Crippen molar-refractivity contribution in [2.75, 3.05) is 13.1 Å². The van der Waals surface area contributed by atoms with E-state index in [0.29, 0.717) is 31.5 Å². The average molecular weight is 321 g/mol. The summed E-state index contributed by atoms with van der Waals surface area (Å²) in [5, 5.41) is 5.71. The molecule has 1 fully saturated rings. The third-order valence-corrected chi connectivity index (χ3v) is 3.90. The Morgan fingerprint density at radius 1 is 1.26 bits per heavy atom. The number of nitrogens with zero attached hydrogens (tertiary/aromatic N) is 1. The van der Waals surface area contributed by atoms with Crippen LogP contribution in [0.4, 0.5) is 9.18 Å². The van der Waals surface area contributed by atoms with E-state index in [9.17, 15) is 14.0 Å². The molecule has 1 aromatic rings. The maximum Gasteiger partial charge on any atom is 0.315 e. The van der Waals surface area contributed by atoms with E-state index in [1.165, 1.54) is 6.07 Å². The van der Waals surface area contributed by atoms with Crippen LogP contribution < -0.4 is 10.6 Å². The van der Waals surface area contributed by atoms with Gasteiger partial charge in [0.1, 0.15) is 5.82 Å². The first-order chi connectivity index (χ1) is 11.0. The summed E-state index contributed by atoms with van der Waals surface area (Å²) >= 11 is 0. The van der Waals surface area contributed by atoms with Gasteiger partial charge in [0, 0.05) is 25.2 Å². The molecular weight excluding hydrogens is 297 g/mol. The quantitative estimate of drug-likeness (QED) is 0.892. The van der Waals surface area contributed by atoms with E-state index in [1.807, 2.05) is 13.8 Å². The molecule has 0 bridgehead atoms. The molecule has 126 valence electrons. The van der Waals surface area contributed by atoms with Gasteiger partial charge in [0.2, 0.25) is 5.91 Å². The van der Waals surface area contributed by atoms with Crippen molar-refractivity contribution in [1.82, 2.24) is 15.5 Å². The van der Waals surface area contributed by atoms with E-state index >= 15 is 0 Å². The normalized spacial score (nSPS) is 15.6. The number of benzene rings is 1. The van der Waals surface area contributed by atoms with E-state index in [-0.39, 0.29) is 36.3 Å². The lowest BCUT2D eigenvalue weighted by molar-refractivity contribution is -0.131. The Bertz CT molecular complexity index is 555. The topological polar surface area (TPSA) is 61.4 Å². The molecule has 0 aromatic heterocycles. The van der Waals surface area contributed by atoms with Gasteiger partial charge < -0.3 is 15.5 Å². The second-order valence-electron chi connectivity index (χ2n) is 6.20. The van der Waals surface area contributed by atoms with Crippen LogP contribution in [0.1, 0.15) is 32.3 Å². The molecule has 0 atom stereocenters. The standard InChI is InChI=1S/C17H24FN3O2/c1-12(2)19-17(23)20-14-7-9-21(10-8-14)16(22)11-13-5-3-4-6-15(13)18/h3-6,12,14H,7-11H2,1-2H3,(H2,19,20,23). The van der Waals surface area contributed by atoms with E-state index < -0.39 is 0 Å². The van der Waals surface area contributed by atoms with Crippen molar-refractivity contribution in [3.8, 4) is 0 Å². The molecular formula is C17H24FN3O2. The smallest absolute Gasteiger partial charge is 0.315 e. The van der Waals surface area contributed by atoms with Gasteiger partial charge >= 0.3 is 6.03 Å². The van der Waals surface area contributed by atoms with Crippen LogP contribution in [0.5, 0.6) is 0 Å². The summed E-state index contributed by atoms with van der Waals surface area (Å²) in [5.74, 6) is -0.414. The zero-order valence-corrected chi connectivity index (χ0v) is 13.6. The maximum atomic E-state index is 13.6. The lowest BCUT2D eigenvalue weighted by Gasteiger charge is -2.32. The third kappa shape index (κ3) is 5.23. The highest BCUT2D eigenvalue weighted by atomic mass is 19.1. The number of rotatable bonds is 4. The second-order valence-corrected chi connectivity index (χ2v) is 6.20. The Balaban J connectivity index is 1.79. The largest absolute Gasteiger partial charge is 0.342 e. The highest BCUT2D eigenvalue weighted by Crippen LogP contribution is 2.14. The Hall–Kier alpha value is -2.11. The van der Waals surface area contributed by atoms with Crippen molar-refractivity contribution in [2.24, 2.45) is 0 Å². The molecule has 5 nitrogen and oxygen atoms in total. The SMILES string of the molecule is CC(C)NC(=O)NC1CCN(C(=O)Cc2ccccc2F)CC1. The molecule has 2 rings (SSSR count). The number of likely N-dealkylation sites (tertiary alicyclic amines) is 1. The maximum absolute atomic E-state index is 13.6. The molecule has 0 spiro atoms. The van der Waals surface area contributed by atoms with Gasteiger partial charge in [-0.05, 0) is 38.3 Å². The van der Waals surface area contributed by atoms with Crippen molar-refractivity contribution in [3.63, 3.8) is 0 Å². The molecule has 0 saturated carbocycles. The number of carbonyl (C=O) groups is 2. The zero-order valence-electron chi connectivity index (χ0n) is 13.6. The summed E-state index contributed by atoms with van der Waals surface area (Å²) in [6.07, 6.45) is 1.52. The lowest BCUT2D eigenvalue weighted by Crippen LogP contribution is -2.50. The van der Waals surface area contributed by atoms with Crippen LogP contribution in [0.25, 0.3) is 0 Å². The summed E-state index contributed by atoms with van der Waals surface area (Å²) < 4.78 is 13.6.